The number of hydrogen-bond acceptors (Lipinski definition) is 5. The molecule has 1 aromatic carbocycles. The van der Waals surface area contributed by atoms with Gasteiger partial charge in [-0.05, 0) is 24.1 Å². The summed E-state index contributed by atoms with van der Waals surface area (Å²) in [5, 5.41) is 2.78. The Morgan fingerprint density at radius 2 is 2.14 bits per heavy atom. The third-order valence-electron chi connectivity index (χ3n) is 5.83. The molecule has 2 aliphatic heterocycles. The lowest BCUT2D eigenvalue weighted by atomic mass is 9.86. The zero-order chi connectivity index (χ0) is 20.6. The highest BCUT2D eigenvalue weighted by atomic mass is 16.5. The van der Waals surface area contributed by atoms with E-state index in [4.69, 9.17) is 4.74 Å². The van der Waals surface area contributed by atoms with Crippen molar-refractivity contribution in [3.05, 3.63) is 57.8 Å². The highest BCUT2D eigenvalue weighted by Gasteiger charge is 2.44. The van der Waals surface area contributed by atoms with Crippen molar-refractivity contribution in [2.45, 2.75) is 32.9 Å². The highest BCUT2D eigenvalue weighted by molar-refractivity contribution is 5.93. The number of nitrogens with one attached hydrogen (secondary N) is 1. The molecular formula is C21H24N4O4. The zero-order valence-corrected chi connectivity index (χ0v) is 16.6. The Balaban J connectivity index is 1.48. The number of ether oxygens (including phenoxy) is 1. The summed E-state index contributed by atoms with van der Waals surface area (Å²) >= 11 is 0. The van der Waals surface area contributed by atoms with Gasteiger partial charge in [-0.25, -0.2) is 0 Å². The highest BCUT2D eigenvalue weighted by Crippen LogP contribution is 2.39. The lowest BCUT2D eigenvalue weighted by Gasteiger charge is -2.22. The van der Waals surface area contributed by atoms with Crippen LogP contribution in [0.25, 0.3) is 0 Å². The summed E-state index contributed by atoms with van der Waals surface area (Å²) < 4.78 is 7.08. The van der Waals surface area contributed by atoms with E-state index in [-0.39, 0.29) is 23.4 Å². The number of carbonyl (C=O) groups excluding carboxylic acids is 2. The van der Waals surface area contributed by atoms with E-state index in [9.17, 15) is 14.4 Å². The smallest absolute Gasteiger partial charge is 0.285 e. The molecule has 0 radical (unpaired) electrons. The molecule has 4 rings (SSSR count). The maximum Gasteiger partial charge on any atom is 0.285 e. The summed E-state index contributed by atoms with van der Waals surface area (Å²) in [7, 11) is 1.58. The van der Waals surface area contributed by atoms with Crippen LogP contribution >= 0.6 is 0 Å². The SMILES string of the molecule is COc1cccc(CNC(=O)c2cn3c(nc2=O)C[C@]2(CCN(C(C)=O)C2)C3)c1. The minimum absolute atomic E-state index is 0.0371. The van der Waals surface area contributed by atoms with E-state index in [1.54, 1.807) is 20.2 Å². The second kappa shape index (κ2) is 7.35. The van der Waals surface area contributed by atoms with Gasteiger partial charge < -0.3 is 19.5 Å². The molecule has 2 aliphatic rings. The van der Waals surface area contributed by atoms with Gasteiger partial charge in [-0.1, -0.05) is 12.1 Å². The fourth-order valence-electron chi connectivity index (χ4n) is 4.25. The first-order valence-electron chi connectivity index (χ1n) is 9.66. The number of amides is 2. The number of benzene rings is 1. The van der Waals surface area contributed by atoms with E-state index in [0.717, 1.165) is 18.5 Å². The number of likely N-dealkylation sites (tertiary alicyclic amines) is 1. The summed E-state index contributed by atoms with van der Waals surface area (Å²) in [6, 6.07) is 7.38. The molecule has 3 heterocycles. The molecule has 0 aliphatic carbocycles. The van der Waals surface area contributed by atoms with Crippen molar-refractivity contribution in [1.29, 1.82) is 0 Å². The Bertz CT molecular complexity index is 1030. The molecular weight excluding hydrogens is 372 g/mol. The molecule has 0 unspecified atom stereocenters. The Hall–Kier alpha value is -3.16. The maximum atomic E-state index is 12.6. The zero-order valence-electron chi connectivity index (χ0n) is 16.6. The van der Waals surface area contributed by atoms with E-state index < -0.39 is 11.5 Å². The molecule has 1 aromatic heterocycles. The molecule has 152 valence electrons. The van der Waals surface area contributed by atoms with Crippen LogP contribution in [0.1, 0.15) is 35.1 Å². The van der Waals surface area contributed by atoms with Crippen molar-refractivity contribution in [2.75, 3.05) is 20.2 Å². The largest absolute Gasteiger partial charge is 0.497 e. The van der Waals surface area contributed by atoms with Crippen LogP contribution in [0, 0.1) is 5.41 Å². The minimum Gasteiger partial charge on any atom is -0.497 e. The van der Waals surface area contributed by atoms with Crippen molar-refractivity contribution in [3.8, 4) is 5.75 Å². The maximum absolute atomic E-state index is 12.6. The molecule has 29 heavy (non-hydrogen) atoms. The van der Waals surface area contributed by atoms with Gasteiger partial charge in [0.1, 0.15) is 17.1 Å². The van der Waals surface area contributed by atoms with Crippen molar-refractivity contribution < 1.29 is 14.3 Å². The van der Waals surface area contributed by atoms with Crippen molar-refractivity contribution in [3.63, 3.8) is 0 Å². The Labute approximate surface area is 168 Å². The van der Waals surface area contributed by atoms with Gasteiger partial charge in [0.05, 0.1) is 7.11 Å². The van der Waals surface area contributed by atoms with Gasteiger partial charge in [-0.2, -0.15) is 4.98 Å². The molecule has 2 amide bonds. The van der Waals surface area contributed by atoms with Crippen LogP contribution in [0.5, 0.6) is 5.75 Å². The number of fused-ring (bicyclic) bond motifs is 1. The first-order chi connectivity index (χ1) is 13.9. The number of methoxy groups -OCH3 is 1. The molecule has 1 spiro atoms. The third kappa shape index (κ3) is 3.74. The summed E-state index contributed by atoms with van der Waals surface area (Å²) in [6.07, 6.45) is 3.13. The number of rotatable bonds is 4. The molecule has 8 heteroatoms. The molecule has 0 bridgehead atoms. The number of nitrogens with zero attached hydrogens (tertiary/aromatic N) is 3. The molecule has 1 N–H and O–H groups in total. The predicted octanol–water partition coefficient (Wildman–Crippen LogP) is 0.977. The number of aromatic nitrogens is 2. The average molecular weight is 396 g/mol. The van der Waals surface area contributed by atoms with E-state index in [1.807, 2.05) is 33.7 Å². The van der Waals surface area contributed by atoms with E-state index in [0.29, 0.717) is 31.1 Å². The first-order valence-corrected chi connectivity index (χ1v) is 9.66. The second-order valence-corrected chi connectivity index (χ2v) is 7.91. The molecule has 1 fully saturated rings. The summed E-state index contributed by atoms with van der Waals surface area (Å²) in [4.78, 5) is 42.7. The summed E-state index contributed by atoms with van der Waals surface area (Å²) in [5.74, 6) is 1.01. The van der Waals surface area contributed by atoms with Gasteiger partial charge in [-0.3, -0.25) is 14.4 Å². The van der Waals surface area contributed by atoms with Crippen LogP contribution in [0.2, 0.25) is 0 Å². The Kier molecular flexibility index (Phi) is 4.86. The number of carbonyl (C=O) groups is 2. The van der Waals surface area contributed by atoms with Gasteiger partial charge in [0.2, 0.25) is 5.91 Å². The van der Waals surface area contributed by atoms with Gasteiger partial charge in [0.25, 0.3) is 11.5 Å². The monoisotopic (exact) mass is 396 g/mol. The van der Waals surface area contributed by atoms with Crippen LogP contribution in [-0.2, 0) is 24.3 Å². The Morgan fingerprint density at radius 3 is 2.86 bits per heavy atom. The Morgan fingerprint density at radius 1 is 1.31 bits per heavy atom. The van der Waals surface area contributed by atoms with Crippen LogP contribution in [-0.4, -0.2) is 46.5 Å². The quantitative estimate of drug-likeness (QED) is 0.832. The normalized spacial score (nSPS) is 20.0. The van der Waals surface area contributed by atoms with Gasteiger partial charge in [0.15, 0.2) is 0 Å². The summed E-state index contributed by atoms with van der Waals surface area (Å²) in [5.41, 5.74) is 0.308. The topological polar surface area (TPSA) is 93.5 Å². The molecule has 0 saturated carbocycles. The van der Waals surface area contributed by atoms with E-state index >= 15 is 0 Å². The van der Waals surface area contributed by atoms with E-state index in [2.05, 4.69) is 10.3 Å². The van der Waals surface area contributed by atoms with Crippen LogP contribution in [0.3, 0.4) is 0 Å². The fraction of sp³-hybridized carbons (Fsp3) is 0.429. The van der Waals surface area contributed by atoms with E-state index in [1.165, 1.54) is 0 Å². The van der Waals surface area contributed by atoms with Crippen LogP contribution < -0.4 is 15.6 Å². The lowest BCUT2D eigenvalue weighted by molar-refractivity contribution is -0.128. The molecule has 8 nitrogen and oxygen atoms in total. The third-order valence-corrected chi connectivity index (χ3v) is 5.83. The predicted molar refractivity (Wildman–Crippen MR) is 106 cm³/mol. The van der Waals surface area contributed by atoms with Crippen molar-refractivity contribution >= 4 is 11.8 Å². The van der Waals surface area contributed by atoms with Gasteiger partial charge in [-0.15, -0.1) is 0 Å². The second-order valence-electron chi connectivity index (χ2n) is 7.91. The molecule has 1 saturated heterocycles. The van der Waals surface area contributed by atoms with Gasteiger partial charge in [0, 0.05) is 51.1 Å². The minimum atomic E-state index is -0.516. The summed E-state index contributed by atoms with van der Waals surface area (Å²) in [6.45, 7) is 3.91. The van der Waals surface area contributed by atoms with Crippen molar-refractivity contribution in [2.24, 2.45) is 5.41 Å². The molecule has 1 atom stereocenters. The first kappa shape index (κ1) is 19.2. The van der Waals surface area contributed by atoms with Crippen LogP contribution in [0.15, 0.2) is 35.3 Å². The van der Waals surface area contributed by atoms with Crippen LogP contribution in [0.4, 0.5) is 0 Å². The van der Waals surface area contributed by atoms with Gasteiger partial charge >= 0.3 is 0 Å². The lowest BCUT2D eigenvalue weighted by Crippen LogP contribution is -2.31. The standard InChI is InChI=1S/C21H24N4O4/c1-14(26)24-7-6-21(12-24)9-18-23-20(28)17(11-25(18)13-21)19(27)22-10-15-4-3-5-16(8-15)29-2/h3-5,8,11H,6-7,9-10,12-13H2,1-2H3,(H,22,27)/t21-/m0/s1. The molecule has 2 aromatic rings. The fourth-order valence-corrected chi connectivity index (χ4v) is 4.25. The average Bonchev–Trinajstić information content (AvgIpc) is 3.28. The number of hydrogen-bond donors (Lipinski definition) is 1. The van der Waals surface area contributed by atoms with Crippen molar-refractivity contribution in [1.82, 2.24) is 19.8 Å².